The van der Waals surface area contributed by atoms with Gasteiger partial charge in [-0.1, -0.05) is 13.8 Å². The zero-order valence-electron chi connectivity index (χ0n) is 19.5. The third-order valence-electron chi connectivity index (χ3n) is 7.13. The van der Waals surface area contributed by atoms with Crippen LogP contribution in [0.3, 0.4) is 0 Å². The Morgan fingerprint density at radius 3 is 2.61 bits per heavy atom. The van der Waals surface area contributed by atoms with Gasteiger partial charge in [0, 0.05) is 24.0 Å². The van der Waals surface area contributed by atoms with Crippen LogP contribution in [0.25, 0.3) is 10.2 Å². The molecule has 1 atom stereocenters. The second kappa shape index (κ2) is 8.58. The third-order valence-corrected chi connectivity index (χ3v) is 8.34. The Hall–Kier alpha value is -1.86. The van der Waals surface area contributed by atoms with Crippen LogP contribution in [0.15, 0.2) is 12.1 Å². The van der Waals surface area contributed by atoms with Gasteiger partial charge in [-0.15, -0.1) is 11.3 Å². The summed E-state index contributed by atoms with van der Waals surface area (Å²) in [4.78, 5) is 32.5. The van der Waals surface area contributed by atoms with E-state index in [1.54, 1.807) is 11.3 Å². The van der Waals surface area contributed by atoms with Gasteiger partial charge in [-0.3, -0.25) is 9.59 Å². The van der Waals surface area contributed by atoms with Crippen molar-refractivity contribution in [2.75, 3.05) is 27.2 Å². The first-order chi connectivity index (χ1) is 14.7. The Kier molecular flexibility index (Phi) is 6.19. The normalized spacial score (nSPS) is 26.5. The van der Waals surface area contributed by atoms with Crippen molar-refractivity contribution in [3.8, 4) is 0 Å². The summed E-state index contributed by atoms with van der Waals surface area (Å²) in [5.74, 6) is 0.681. The largest absolute Gasteiger partial charge is 0.351 e. The Morgan fingerprint density at radius 1 is 1.26 bits per heavy atom. The third kappa shape index (κ3) is 4.14. The molecule has 1 unspecified atom stereocenters. The summed E-state index contributed by atoms with van der Waals surface area (Å²) in [6.45, 7) is 8.15. The first kappa shape index (κ1) is 22.3. The number of hydrogen-bond donors (Lipinski definition) is 1. The molecule has 1 fully saturated rings. The Bertz CT molecular complexity index is 970. The smallest absolute Gasteiger partial charge is 0.271 e. The van der Waals surface area contributed by atoms with Crippen LogP contribution < -0.4 is 5.32 Å². The molecular formula is C24H36N4O2S. The molecule has 7 heteroatoms. The van der Waals surface area contributed by atoms with Crippen LogP contribution in [0.1, 0.15) is 61.8 Å². The van der Waals surface area contributed by atoms with Gasteiger partial charge in [-0.25, -0.2) is 0 Å². The number of aromatic nitrogens is 1. The van der Waals surface area contributed by atoms with E-state index < -0.39 is 5.54 Å². The van der Waals surface area contributed by atoms with Gasteiger partial charge in [0.2, 0.25) is 5.91 Å². The molecule has 31 heavy (non-hydrogen) atoms. The fraction of sp³-hybridized carbons (Fsp3) is 0.667. The number of rotatable bonds is 6. The van der Waals surface area contributed by atoms with Crippen molar-refractivity contribution < 1.29 is 9.59 Å². The summed E-state index contributed by atoms with van der Waals surface area (Å²) in [6.07, 6.45) is 5.34. The molecule has 2 aliphatic rings. The fourth-order valence-corrected chi connectivity index (χ4v) is 6.00. The second-order valence-corrected chi connectivity index (χ2v) is 11.1. The molecule has 170 valence electrons. The summed E-state index contributed by atoms with van der Waals surface area (Å²) in [5.41, 5.74) is 0.895. The number of carbonyl (C=O) groups excluding carboxylic acids is 2. The summed E-state index contributed by atoms with van der Waals surface area (Å²) in [7, 11) is 4.00. The van der Waals surface area contributed by atoms with E-state index in [2.05, 4.69) is 34.7 Å². The minimum absolute atomic E-state index is 0.0161. The predicted octanol–water partition coefficient (Wildman–Crippen LogP) is 3.74. The quantitative estimate of drug-likeness (QED) is 0.739. The lowest BCUT2D eigenvalue weighted by molar-refractivity contribution is -0.134. The van der Waals surface area contributed by atoms with E-state index in [1.165, 1.54) is 4.88 Å². The highest BCUT2D eigenvalue weighted by Gasteiger charge is 2.48. The Labute approximate surface area is 189 Å². The molecule has 1 N–H and O–H groups in total. The zero-order chi connectivity index (χ0) is 22.3. The highest BCUT2D eigenvalue weighted by molar-refractivity contribution is 7.19. The van der Waals surface area contributed by atoms with Crippen molar-refractivity contribution in [2.45, 2.75) is 71.0 Å². The molecule has 4 rings (SSSR count). The van der Waals surface area contributed by atoms with Crippen LogP contribution in [0.4, 0.5) is 0 Å². The number of thiophene rings is 1. The van der Waals surface area contributed by atoms with Crippen LogP contribution in [-0.2, 0) is 17.8 Å². The van der Waals surface area contributed by atoms with Crippen molar-refractivity contribution in [2.24, 2.45) is 5.92 Å². The Balaban J connectivity index is 1.67. The van der Waals surface area contributed by atoms with Crippen molar-refractivity contribution in [1.82, 2.24) is 19.7 Å². The molecule has 0 radical (unpaired) electrons. The fourth-order valence-electron chi connectivity index (χ4n) is 4.96. The van der Waals surface area contributed by atoms with Gasteiger partial charge in [0.05, 0.1) is 16.8 Å². The zero-order valence-corrected chi connectivity index (χ0v) is 20.3. The maximum atomic E-state index is 13.7. The molecular weight excluding hydrogens is 408 g/mol. The van der Waals surface area contributed by atoms with Gasteiger partial charge in [0.25, 0.3) is 5.91 Å². The average molecular weight is 445 g/mol. The molecule has 2 amide bonds. The maximum absolute atomic E-state index is 13.7. The van der Waals surface area contributed by atoms with Crippen LogP contribution in [0.5, 0.6) is 0 Å². The monoisotopic (exact) mass is 444 g/mol. The minimum Gasteiger partial charge on any atom is -0.351 e. The Morgan fingerprint density at radius 2 is 1.97 bits per heavy atom. The molecule has 2 aromatic rings. The molecule has 0 saturated heterocycles. The molecule has 0 spiro atoms. The molecule has 1 aliphatic heterocycles. The number of likely N-dealkylation sites (N-methyl/N-ethyl adjacent to an activating group) is 1. The number of fused-ring (bicyclic) bond motifs is 3. The molecule has 3 heterocycles. The number of amides is 2. The molecule has 2 aromatic heterocycles. The summed E-state index contributed by atoms with van der Waals surface area (Å²) in [6, 6.07) is 4.42. The van der Waals surface area contributed by atoms with E-state index in [9.17, 15) is 9.59 Å². The van der Waals surface area contributed by atoms with Gasteiger partial charge in [0.15, 0.2) is 0 Å². The minimum atomic E-state index is -0.899. The van der Waals surface area contributed by atoms with Crippen LogP contribution in [-0.4, -0.2) is 64.9 Å². The lowest BCUT2D eigenvalue weighted by atomic mass is 9.86. The van der Waals surface area contributed by atoms with Gasteiger partial charge in [0.1, 0.15) is 11.2 Å². The predicted molar refractivity (Wildman–Crippen MR) is 127 cm³/mol. The molecule has 1 saturated carbocycles. The molecule has 6 nitrogen and oxygen atoms in total. The van der Waals surface area contributed by atoms with Gasteiger partial charge in [-0.2, -0.15) is 0 Å². The van der Waals surface area contributed by atoms with Crippen molar-refractivity contribution in [3.63, 3.8) is 0 Å². The number of carbonyl (C=O) groups is 2. The number of nitrogens with zero attached hydrogens (tertiary/aromatic N) is 3. The van der Waals surface area contributed by atoms with Crippen LogP contribution in [0, 0.1) is 5.92 Å². The molecule has 0 bridgehead atoms. The van der Waals surface area contributed by atoms with E-state index in [-0.39, 0.29) is 17.9 Å². The van der Waals surface area contributed by atoms with Crippen molar-refractivity contribution >= 4 is 33.4 Å². The lowest BCUT2D eigenvalue weighted by Crippen LogP contribution is -2.65. The SMILES string of the molecule is CCc1cc2c(cc3n2CC(C)(C(=O)NC2CCC(C)CC2)N(CCN(C)C)C3=O)s1. The molecule has 1 aliphatic carbocycles. The standard InChI is InChI=1S/C24H36N4O2S/c1-6-18-13-19-21(31-18)14-20-22(29)28(12-11-26(4)5)24(3,15-27(19)20)23(30)25-17-9-7-16(2)8-10-17/h13-14,16-17H,6-12,15H2,1-5H3,(H,25,30). The highest BCUT2D eigenvalue weighted by Crippen LogP contribution is 2.36. The highest BCUT2D eigenvalue weighted by atomic mass is 32.1. The first-order valence-corrected chi connectivity index (χ1v) is 12.4. The average Bonchev–Trinajstić information content (AvgIpc) is 3.28. The van der Waals surface area contributed by atoms with Gasteiger partial charge >= 0.3 is 0 Å². The van der Waals surface area contributed by atoms with Crippen molar-refractivity contribution in [1.29, 1.82) is 0 Å². The van der Waals surface area contributed by atoms with Crippen LogP contribution in [0.2, 0.25) is 0 Å². The summed E-state index contributed by atoms with van der Waals surface area (Å²) >= 11 is 1.75. The van der Waals surface area contributed by atoms with E-state index in [4.69, 9.17) is 0 Å². The molecule has 0 aromatic carbocycles. The van der Waals surface area contributed by atoms with Gasteiger partial charge < -0.3 is 19.7 Å². The number of aryl methyl sites for hydroxylation is 1. The van der Waals surface area contributed by atoms with Gasteiger partial charge in [-0.05, 0) is 71.2 Å². The lowest BCUT2D eigenvalue weighted by Gasteiger charge is -2.45. The second-order valence-electron chi connectivity index (χ2n) is 9.90. The summed E-state index contributed by atoms with van der Waals surface area (Å²) in [5, 5.41) is 3.32. The first-order valence-electron chi connectivity index (χ1n) is 11.6. The maximum Gasteiger partial charge on any atom is 0.271 e. The van der Waals surface area contributed by atoms with E-state index in [1.807, 2.05) is 32.0 Å². The van der Waals surface area contributed by atoms with Crippen LogP contribution >= 0.6 is 11.3 Å². The summed E-state index contributed by atoms with van der Waals surface area (Å²) < 4.78 is 3.22. The van der Waals surface area contributed by atoms with E-state index >= 15 is 0 Å². The van der Waals surface area contributed by atoms with E-state index in [0.29, 0.717) is 18.8 Å². The number of hydrogen-bond acceptors (Lipinski definition) is 4. The topological polar surface area (TPSA) is 57.6 Å². The number of nitrogens with one attached hydrogen (secondary N) is 1. The van der Waals surface area contributed by atoms with E-state index in [0.717, 1.165) is 54.8 Å². The van der Waals surface area contributed by atoms with Crippen molar-refractivity contribution in [3.05, 3.63) is 22.7 Å².